The Kier molecular flexibility index (Phi) is 2.53. The first-order chi connectivity index (χ1) is 26.0. The summed E-state index contributed by atoms with van der Waals surface area (Å²) in [6.45, 7) is 0. The first-order valence-electron chi connectivity index (χ1n) is 20.1. The van der Waals surface area contributed by atoms with Crippen molar-refractivity contribution < 1.29 is 26.3 Å². The number of furan rings is 1. The van der Waals surface area contributed by atoms with Crippen LogP contribution in [0.4, 0.5) is 0 Å². The number of rotatable bonds is 3. The van der Waals surface area contributed by atoms with Gasteiger partial charge in [0.05, 0.1) is 21.9 Å². The van der Waals surface area contributed by atoms with Crippen LogP contribution in [-0.4, -0.2) is 0 Å². The molecular weight excluding hydrogens is 472 g/mol. The predicted octanol–water partition coefficient (Wildman–Crippen LogP) is 10.9. The molecule has 0 aliphatic carbocycles. The Labute approximate surface area is 249 Å². The van der Waals surface area contributed by atoms with E-state index in [0.717, 1.165) is 0 Å². The minimum atomic E-state index is -0.705. The van der Waals surface area contributed by atoms with Crippen LogP contribution in [0, 0.1) is 0 Å². The van der Waals surface area contributed by atoms with E-state index in [1.165, 1.54) is 0 Å². The molecule has 39 heavy (non-hydrogen) atoms. The highest BCUT2D eigenvalue weighted by Gasteiger charge is 2.20. The number of para-hydroxylation sites is 1. The van der Waals surface area contributed by atoms with Gasteiger partial charge in [-0.1, -0.05) is 127 Å². The van der Waals surface area contributed by atoms with E-state index in [1.807, 2.05) is 0 Å². The lowest BCUT2D eigenvalue weighted by atomic mass is 9.83. The summed E-state index contributed by atoms with van der Waals surface area (Å²) in [7, 11) is 0. The van der Waals surface area contributed by atoms with Crippen molar-refractivity contribution in [1.82, 2.24) is 0 Å². The number of hydrogen-bond acceptors (Lipinski definition) is 1. The fraction of sp³-hybridized carbons (Fsp3) is 0. The Hall–Kier alpha value is -5.14. The molecule has 1 aromatic heterocycles. The van der Waals surface area contributed by atoms with Gasteiger partial charge in [0, 0.05) is 10.8 Å². The summed E-state index contributed by atoms with van der Waals surface area (Å²) < 4.78 is 146. The summed E-state index contributed by atoms with van der Waals surface area (Å²) in [5, 5.41) is 1.08. The standard InChI is InChI=1S/C38H24O/c1-3-13-25(14-4-1)32-24-36-33(27-17-11-12-22-35(27)39-36)23-34(32)38-30-20-9-7-18-28(30)37(26-15-5-2-6-16-26)29-19-8-10-21-31(29)38/h1-24H/i1D,2D,3D,4D,5D,6D,11D,12D,13D,14D,15D,16D,17D,22D,23D,24D. The van der Waals surface area contributed by atoms with E-state index in [0.29, 0.717) is 21.5 Å². The molecule has 7 aromatic carbocycles. The topological polar surface area (TPSA) is 13.1 Å². The molecule has 0 atom stereocenters. The third-order valence-corrected chi connectivity index (χ3v) is 6.75. The smallest absolute Gasteiger partial charge is 0.136 e. The Balaban J connectivity index is 1.69. The van der Waals surface area contributed by atoms with Gasteiger partial charge in [-0.15, -0.1) is 0 Å². The van der Waals surface area contributed by atoms with Gasteiger partial charge < -0.3 is 4.42 Å². The second-order valence-electron chi connectivity index (χ2n) is 8.85. The molecular formula is C38H24O. The first kappa shape index (κ1) is 11.3. The predicted molar refractivity (Wildman–Crippen MR) is 165 cm³/mol. The first-order valence-corrected chi connectivity index (χ1v) is 12.1. The van der Waals surface area contributed by atoms with E-state index in [9.17, 15) is 2.74 Å². The maximum Gasteiger partial charge on any atom is 0.136 e. The Morgan fingerprint density at radius 3 is 1.59 bits per heavy atom. The van der Waals surface area contributed by atoms with Gasteiger partial charge in [-0.05, 0) is 73.1 Å². The lowest BCUT2D eigenvalue weighted by Gasteiger charge is -2.20. The van der Waals surface area contributed by atoms with Crippen molar-refractivity contribution in [2.45, 2.75) is 0 Å². The largest absolute Gasteiger partial charge is 0.456 e. The minimum absolute atomic E-state index is 0.0876. The maximum atomic E-state index is 9.88. The third kappa shape index (κ3) is 3.41. The molecule has 0 radical (unpaired) electrons. The van der Waals surface area contributed by atoms with Crippen molar-refractivity contribution in [1.29, 1.82) is 0 Å². The van der Waals surface area contributed by atoms with Crippen molar-refractivity contribution in [2.24, 2.45) is 0 Å². The van der Waals surface area contributed by atoms with E-state index < -0.39 is 102 Å². The van der Waals surface area contributed by atoms with Crippen LogP contribution in [0.1, 0.15) is 21.9 Å². The normalized spacial score (nSPS) is 17.3. The van der Waals surface area contributed by atoms with E-state index in [1.54, 1.807) is 48.5 Å². The molecule has 0 saturated heterocycles. The van der Waals surface area contributed by atoms with E-state index in [2.05, 4.69) is 0 Å². The summed E-state index contributed by atoms with van der Waals surface area (Å²) in [4.78, 5) is 0. The molecule has 8 aromatic rings. The zero-order valence-corrected chi connectivity index (χ0v) is 20.0. The molecule has 1 heteroatoms. The highest BCUT2D eigenvalue weighted by atomic mass is 16.3. The average molecular weight is 513 g/mol. The lowest BCUT2D eigenvalue weighted by Crippen LogP contribution is -1.93. The van der Waals surface area contributed by atoms with Crippen molar-refractivity contribution in [2.75, 3.05) is 0 Å². The van der Waals surface area contributed by atoms with Crippen LogP contribution in [0.3, 0.4) is 0 Å². The summed E-state index contributed by atoms with van der Waals surface area (Å²) in [6, 6.07) is 4.02. The second kappa shape index (κ2) is 8.72. The van der Waals surface area contributed by atoms with Crippen LogP contribution < -0.4 is 0 Å². The van der Waals surface area contributed by atoms with Crippen LogP contribution in [0.2, 0.25) is 0 Å². The Bertz CT molecular complexity index is 2940. The third-order valence-electron chi connectivity index (χ3n) is 6.75. The quantitative estimate of drug-likeness (QED) is 0.215. The molecule has 1 heterocycles. The molecule has 0 bridgehead atoms. The molecule has 0 N–H and O–H groups in total. The number of fused-ring (bicyclic) bond motifs is 5. The van der Waals surface area contributed by atoms with Gasteiger partial charge >= 0.3 is 0 Å². The van der Waals surface area contributed by atoms with Crippen molar-refractivity contribution >= 4 is 43.5 Å². The van der Waals surface area contributed by atoms with Gasteiger partial charge in [0.2, 0.25) is 0 Å². The monoisotopic (exact) mass is 512 g/mol. The maximum absolute atomic E-state index is 9.88. The molecule has 182 valence electrons. The molecule has 0 amide bonds. The van der Waals surface area contributed by atoms with Gasteiger partial charge in [0.15, 0.2) is 0 Å². The second-order valence-corrected chi connectivity index (χ2v) is 8.85. The minimum Gasteiger partial charge on any atom is -0.456 e. The fourth-order valence-electron chi connectivity index (χ4n) is 5.18. The van der Waals surface area contributed by atoms with Crippen molar-refractivity contribution in [3.63, 3.8) is 0 Å². The van der Waals surface area contributed by atoms with Gasteiger partial charge in [0.25, 0.3) is 0 Å². The van der Waals surface area contributed by atoms with E-state index in [4.69, 9.17) is 23.6 Å². The van der Waals surface area contributed by atoms with Crippen LogP contribution in [-0.2, 0) is 0 Å². The molecule has 0 saturated carbocycles. The van der Waals surface area contributed by atoms with Crippen molar-refractivity contribution in [3.8, 4) is 33.4 Å². The molecule has 0 unspecified atom stereocenters. The van der Waals surface area contributed by atoms with Crippen molar-refractivity contribution in [3.05, 3.63) is 145 Å². The highest BCUT2D eigenvalue weighted by molar-refractivity contribution is 6.23. The van der Waals surface area contributed by atoms with E-state index in [-0.39, 0.29) is 49.8 Å². The van der Waals surface area contributed by atoms with Crippen LogP contribution in [0.25, 0.3) is 76.9 Å². The zero-order chi connectivity index (χ0) is 39.7. The summed E-state index contributed by atoms with van der Waals surface area (Å²) >= 11 is 0. The van der Waals surface area contributed by atoms with Gasteiger partial charge in [-0.2, -0.15) is 0 Å². The van der Waals surface area contributed by atoms with Crippen LogP contribution in [0.15, 0.2) is 150 Å². The fourth-order valence-corrected chi connectivity index (χ4v) is 5.18. The molecule has 0 aliphatic heterocycles. The Morgan fingerprint density at radius 1 is 0.410 bits per heavy atom. The average Bonchev–Trinajstić information content (AvgIpc) is 3.60. The summed E-state index contributed by atoms with van der Waals surface area (Å²) in [5.41, 5.74) is -1.13. The number of benzene rings is 7. The summed E-state index contributed by atoms with van der Waals surface area (Å²) in [6.07, 6.45) is 0. The molecule has 0 aliphatic rings. The van der Waals surface area contributed by atoms with Crippen LogP contribution in [0.5, 0.6) is 0 Å². The Morgan fingerprint density at radius 2 is 0.949 bits per heavy atom. The lowest BCUT2D eigenvalue weighted by molar-refractivity contribution is 0.669. The van der Waals surface area contributed by atoms with Gasteiger partial charge in [0.1, 0.15) is 11.2 Å². The molecule has 8 rings (SSSR count). The molecule has 1 nitrogen and oxygen atoms in total. The highest BCUT2D eigenvalue weighted by Crippen LogP contribution is 2.47. The number of hydrogen-bond donors (Lipinski definition) is 0. The zero-order valence-electron chi connectivity index (χ0n) is 36.0. The van der Waals surface area contributed by atoms with E-state index >= 15 is 0 Å². The SMILES string of the molecule is [2H]c1c([2H])c([2H])c(-c2c(-c3c4ccccc4c(-c4c([2H])c([2H])c([2H])c([2H])c4[2H])c4ccccc34)c([2H])c3c(oc4c([2H])c([2H])c([2H])c([2H])c43)c2[2H])c([2H])c1[2H]. The molecule has 0 fully saturated rings. The molecule has 0 spiro atoms. The van der Waals surface area contributed by atoms with Gasteiger partial charge in [-0.3, -0.25) is 0 Å². The summed E-state index contributed by atoms with van der Waals surface area (Å²) in [5.74, 6) is 0. The van der Waals surface area contributed by atoms with Crippen LogP contribution >= 0.6 is 0 Å². The van der Waals surface area contributed by atoms with Gasteiger partial charge in [-0.25, -0.2) is 0 Å².